The molecule has 1 N–H and O–H groups in total. The SMILES string of the molecule is CCc1nnsc1C(=O)N(CCCC(=O)O)C(C)C. The van der Waals surface area contributed by atoms with Gasteiger partial charge in [-0.1, -0.05) is 11.4 Å². The molecule has 7 heteroatoms. The normalized spacial score (nSPS) is 10.7. The van der Waals surface area contributed by atoms with Crippen LogP contribution in [0.5, 0.6) is 0 Å². The van der Waals surface area contributed by atoms with Crippen molar-refractivity contribution < 1.29 is 14.7 Å². The van der Waals surface area contributed by atoms with Crippen LogP contribution in [0.3, 0.4) is 0 Å². The van der Waals surface area contributed by atoms with Crippen LogP contribution in [0.25, 0.3) is 0 Å². The van der Waals surface area contributed by atoms with Gasteiger partial charge in [0, 0.05) is 19.0 Å². The fourth-order valence-corrected chi connectivity index (χ4v) is 2.43. The van der Waals surface area contributed by atoms with Crippen molar-refractivity contribution in [3.8, 4) is 0 Å². The lowest BCUT2D eigenvalue weighted by atomic mass is 10.2. The lowest BCUT2D eigenvalue weighted by molar-refractivity contribution is -0.137. The number of carboxylic acid groups (broad SMARTS) is 1. The van der Waals surface area contributed by atoms with E-state index in [1.807, 2.05) is 20.8 Å². The fourth-order valence-electron chi connectivity index (χ4n) is 1.73. The number of carbonyl (C=O) groups excluding carboxylic acids is 1. The van der Waals surface area contributed by atoms with Crippen LogP contribution in [0.2, 0.25) is 0 Å². The maximum atomic E-state index is 12.4. The van der Waals surface area contributed by atoms with Gasteiger partial charge in [-0.15, -0.1) is 5.10 Å². The van der Waals surface area contributed by atoms with Crippen molar-refractivity contribution in [1.82, 2.24) is 14.5 Å². The third kappa shape index (κ3) is 4.27. The highest BCUT2D eigenvalue weighted by atomic mass is 32.1. The van der Waals surface area contributed by atoms with Gasteiger partial charge in [0.15, 0.2) is 0 Å². The third-order valence-electron chi connectivity index (χ3n) is 2.76. The molecule has 0 radical (unpaired) electrons. The van der Waals surface area contributed by atoms with Crippen LogP contribution in [-0.4, -0.2) is 44.1 Å². The van der Waals surface area contributed by atoms with E-state index in [0.29, 0.717) is 30.0 Å². The molecule has 0 bridgehead atoms. The molecular formula is C12H19N3O3S. The van der Waals surface area contributed by atoms with E-state index < -0.39 is 5.97 Å². The van der Waals surface area contributed by atoms with Crippen LogP contribution in [0.15, 0.2) is 0 Å². The lowest BCUT2D eigenvalue weighted by Gasteiger charge is -2.26. The van der Waals surface area contributed by atoms with Crippen LogP contribution in [0.4, 0.5) is 0 Å². The van der Waals surface area contributed by atoms with E-state index in [-0.39, 0.29) is 18.4 Å². The Kier molecular flexibility index (Phi) is 5.88. The molecule has 0 aliphatic rings. The van der Waals surface area contributed by atoms with Crippen molar-refractivity contribution in [2.24, 2.45) is 0 Å². The molecule has 1 aromatic heterocycles. The van der Waals surface area contributed by atoms with Crippen LogP contribution < -0.4 is 0 Å². The van der Waals surface area contributed by atoms with Gasteiger partial charge in [0.1, 0.15) is 4.88 Å². The predicted molar refractivity (Wildman–Crippen MR) is 72.3 cm³/mol. The summed E-state index contributed by atoms with van der Waals surface area (Å²) in [5.74, 6) is -0.947. The summed E-state index contributed by atoms with van der Waals surface area (Å²) >= 11 is 1.10. The van der Waals surface area contributed by atoms with Crippen LogP contribution in [0, 0.1) is 0 Å². The van der Waals surface area contributed by atoms with Gasteiger partial charge in [0.2, 0.25) is 0 Å². The maximum absolute atomic E-state index is 12.4. The Balaban J connectivity index is 2.76. The van der Waals surface area contributed by atoms with Gasteiger partial charge < -0.3 is 10.0 Å². The van der Waals surface area contributed by atoms with Crippen molar-refractivity contribution >= 4 is 23.4 Å². The topological polar surface area (TPSA) is 83.4 Å². The number of carboxylic acids is 1. The number of carbonyl (C=O) groups is 2. The number of aromatic nitrogens is 2. The average molecular weight is 285 g/mol. The summed E-state index contributed by atoms with van der Waals surface area (Å²) in [6.07, 6.45) is 1.18. The van der Waals surface area contributed by atoms with Crippen molar-refractivity contribution in [3.63, 3.8) is 0 Å². The minimum absolute atomic E-state index is 0.0214. The monoisotopic (exact) mass is 285 g/mol. The van der Waals surface area contributed by atoms with Crippen molar-refractivity contribution in [2.75, 3.05) is 6.54 Å². The Morgan fingerprint density at radius 3 is 2.63 bits per heavy atom. The highest BCUT2D eigenvalue weighted by Gasteiger charge is 2.23. The molecule has 0 spiro atoms. The van der Waals surface area contributed by atoms with Crippen molar-refractivity contribution in [1.29, 1.82) is 0 Å². The first-order chi connectivity index (χ1) is 8.97. The second-order valence-corrected chi connectivity index (χ2v) is 5.25. The summed E-state index contributed by atoms with van der Waals surface area (Å²) in [4.78, 5) is 25.2. The van der Waals surface area contributed by atoms with Gasteiger partial charge in [-0.3, -0.25) is 9.59 Å². The summed E-state index contributed by atoms with van der Waals surface area (Å²) in [7, 11) is 0. The summed E-state index contributed by atoms with van der Waals surface area (Å²) in [6.45, 7) is 6.19. The lowest BCUT2D eigenvalue weighted by Crippen LogP contribution is -2.38. The van der Waals surface area contributed by atoms with E-state index in [0.717, 1.165) is 11.5 Å². The van der Waals surface area contributed by atoms with Gasteiger partial charge in [0.05, 0.1) is 5.69 Å². The first kappa shape index (κ1) is 15.6. The number of hydrogen-bond donors (Lipinski definition) is 1. The van der Waals surface area contributed by atoms with Crippen LogP contribution >= 0.6 is 11.5 Å². The zero-order valence-corrected chi connectivity index (χ0v) is 12.2. The van der Waals surface area contributed by atoms with Crippen LogP contribution in [-0.2, 0) is 11.2 Å². The minimum Gasteiger partial charge on any atom is -0.481 e. The molecule has 1 amide bonds. The molecule has 1 heterocycles. The molecule has 0 saturated carbocycles. The second kappa shape index (κ2) is 7.18. The summed E-state index contributed by atoms with van der Waals surface area (Å²) < 4.78 is 3.81. The van der Waals surface area contributed by atoms with E-state index in [1.165, 1.54) is 0 Å². The van der Waals surface area contributed by atoms with E-state index in [1.54, 1.807) is 4.90 Å². The summed E-state index contributed by atoms with van der Waals surface area (Å²) in [6, 6.07) is 0.0214. The standard InChI is InChI=1S/C12H19N3O3S/c1-4-9-11(19-14-13-9)12(18)15(8(2)3)7-5-6-10(16)17/h8H,4-7H2,1-3H3,(H,16,17). The Hall–Kier alpha value is -1.50. The van der Waals surface area contributed by atoms with Gasteiger partial charge in [0.25, 0.3) is 5.91 Å². The first-order valence-electron chi connectivity index (χ1n) is 6.31. The van der Waals surface area contributed by atoms with Gasteiger partial charge in [-0.05, 0) is 38.2 Å². The van der Waals surface area contributed by atoms with Gasteiger partial charge >= 0.3 is 5.97 Å². The molecule has 6 nitrogen and oxygen atoms in total. The Morgan fingerprint density at radius 2 is 2.11 bits per heavy atom. The fraction of sp³-hybridized carbons (Fsp3) is 0.667. The molecule has 0 aromatic carbocycles. The number of aliphatic carboxylic acids is 1. The predicted octanol–water partition coefficient (Wildman–Crippen LogP) is 1.82. The Bertz CT molecular complexity index is 445. The van der Waals surface area contributed by atoms with Gasteiger partial charge in [-0.25, -0.2) is 0 Å². The molecule has 1 aromatic rings. The smallest absolute Gasteiger partial charge is 0.303 e. The molecule has 106 valence electrons. The Morgan fingerprint density at radius 1 is 1.42 bits per heavy atom. The molecule has 19 heavy (non-hydrogen) atoms. The molecule has 0 atom stereocenters. The van der Waals surface area contributed by atoms with E-state index >= 15 is 0 Å². The largest absolute Gasteiger partial charge is 0.481 e. The van der Waals surface area contributed by atoms with E-state index in [9.17, 15) is 9.59 Å². The molecule has 0 unspecified atom stereocenters. The molecule has 1 rings (SSSR count). The number of rotatable bonds is 7. The summed E-state index contributed by atoms with van der Waals surface area (Å²) in [5, 5.41) is 12.6. The molecule has 0 aliphatic heterocycles. The van der Waals surface area contributed by atoms with Crippen molar-refractivity contribution in [2.45, 2.75) is 46.1 Å². The van der Waals surface area contributed by atoms with Crippen molar-refractivity contribution in [3.05, 3.63) is 10.6 Å². The zero-order chi connectivity index (χ0) is 14.4. The summed E-state index contributed by atoms with van der Waals surface area (Å²) in [5.41, 5.74) is 0.707. The van der Waals surface area contributed by atoms with Gasteiger partial charge in [-0.2, -0.15) is 0 Å². The van der Waals surface area contributed by atoms with E-state index in [4.69, 9.17) is 5.11 Å². The number of amides is 1. The molecular weight excluding hydrogens is 266 g/mol. The second-order valence-electron chi connectivity index (χ2n) is 4.49. The molecule has 0 fully saturated rings. The maximum Gasteiger partial charge on any atom is 0.303 e. The average Bonchev–Trinajstić information content (AvgIpc) is 2.81. The molecule has 0 saturated heterocycles. The minimum atomic E-state index is -0.843. The third-order valence-corrected chi connectivity index (χ3v) is 3.51. The first-order valence-corrected chi connectivity index (χ1v) is 7.08. The highest BCUT2D eigenvalue weighted by molar-refractivity contribution is 7.08. The number of hydrogen-bond acceptors (Lipinski definition) is 5. The molecule has 0 aliphatic carbocycles. The van der Waals surface area contributed by atoms with Crippen LogP contribution in [0.1, 0.15) is 49.0 Å². The quantitative estimate of drug-likeness (QED) is 0.826. The highest BCUT2D eigenvalue weighted by Crippen LogP contribution is 2.16. The van der Waals surface area contributed by atoms with E-state index in [2.05, 4.69) is 9.59 Å². The Labute approximate surface area is 116 Å². The number of nitrogens with zero attached hydrogens (tertiary/aromatic N) is 3. The zero-order valence-electron chi connectivity index (χ0n) is 11.4. The number of aryl methyl sites for hydroxylation is 1.